The lowest BCUT2D eigenvalue weighted by Crippen LogP contribution is -2.50. The van der Waals surface area contributed by atoms with Crippen LogP contribution in [0.5, 0.6) is 5.75 Å². The molecule has 0 unspecified atom stereocenters. The summed E-state index contributed by atoms with van der Waals surface area (Å²) in [6, 6.07) is 5.91. The molecule has 4 fully saturated rings. The molecule has 1 heterocycles. The molecule has 0 amide bonds. The molecule has 0 radical (unpaired) electrons. The number of benzene rings is 1. The molecule has 0 aliphatic heterocycles. The number of thioether (sulfide) groups is 1. The van der Waals surface area contributed by atoms with Crippen LogP contribution in [0.25, 0.3) is 5.69 Å². The zero-order chi connectivity index (χ0) is 19.3. The van der Waals surface area contributed by atoms with Gasteiger partial charge in [0.25, 0.3) is 0 Å². The third kappa shape index (κ3) is 3.04. The molecule has 2 aromatic rings. The average Bonchev–Trinajstić information content (AvgIpc) is 3.13. The molecule has 6 nitrogen and oxygen atoms in total. The normalized spacial score (nSPS) is 30.6. The number of aryl methyl sites for hydroxylation is 1. The van der Waals surface area contributed by atoms with Crippen LogP contribution in [-0.2, 0) is 4.79 Å². The van der Waals surface area contributed by atoms with Gasteiger partial charge in [-0.1, -0.05) is 17.8 Å². The highest BCUT2D eigenvalue weighted by molar-refractivity contribution is 7.99. The number of ether oxygens (including phenoxy) is 1. The van der Waals surface area contributed by atoms with Crippen LogP contribution >= 0.6 is 11.8 Å². The Labute approximate surface area is 169 Å². The topological polar surface area (TPSA) is 69.9 Å². The summed E-state index contributed by atoms with van der Waals surface area (Å²) in [4.78, 5) is 13.3. The summed E-state index contributed by atoms with van der Waals surface area (Å²) in [5.41, 5.74) is 1.84. The molecule has 6 rings (SSSR count). The number of aromatic nitrogens is 4. The van der Waals surface area contributed by atoms with E-state index in [0.29, 0.717) is 22.4 Å². The zero-order valence-corrected chi connectivity index (χ0v) is 17.2. The quantitative estimate of drug-likeness (QED) is 0.688. The summed E-state index contributed by atoms with van der Waals surface area (Å²) < 4.78 is 7.16. The Bertz CT molecular complexity index is 874. The van der Waals surface area contributed by atoms with Gasteiger partial charge in [0.2, 0.25) is 5.16 Å². The molecule has 4 bridgehead atoms. The first kappa shape index (κ1) is 18.2. The number of tetrazole rings is 1. The van der Waals surface area contributed by atoms with Crippen LogP contribution in [0.2, 0.25) is 0 Å². The standard InChI is InChI=1S/C21H26N4O2S/c1-13-3-4-18(27-2)17(5-13)25-20(22-23-24-25)28-12-19(26)21-9-14-6-15(10-21)8-16(7-14)11-21/h3-5,14-16H,6-12H2,1-2H3. The van der Waals surface area contributed by atoms with Gasteiger partial charge in [-0.15, -0.1) is 5.10 Å². The molecule has 0 spiro atoms. The van der Waals surface area contributed by atoms with Crippen molar-refractivity contribution in [3.63, 3.8) is 0 Å². The van der Waals surface area contributed by atoms with E-state index < -0.39 is 0 Å². The number of nitrogens with zero attached hydrogens (tertiary/aromatic N) is 4. The molecule has 7 heteroatoms. The first-order chi connectivity index (χ1) is 13.6. The van der Waals surface area contributed by atoms with E-state index in [1.807, 2.05) is 25.1 Å². The minimum atomic E-state index is -0.0684. The van der Waals surface area contributed by atoms with Crippen molar-refractivity contribution in [2.75, 3.05) is 12.9 Å². The second-order valence-electron chi connectivity index (χ2n) is 8.96. The van der Waals surface area contributed by atoms with Crippen LogP contribution < -0.4 is 4.74 Å². The van der Waals surface area contributed by atoms with Crippen LogP contribution in [0.4, 0.5) is 0 Å². The van der Waals surface area contributed by atoms with E-state index in [4.69, 9.17) is 4.74 Å². The highest BCUT2D eigenvalue weighted by Crippen LogP contribution is 2.60. The van der Waals surface area contributed by atoms with Gasteiger partial charge in [-0.3, -0.25) is 4.79 Å². The Hall–Kier alpha value is -1.89. The van der Waals surface area contributed by atoms with E-state index in [2.05, 4.69) is 15.5 Å². The van der Waals surface area contributed by atoms with Gasteiger partial charge in [0.05, 0.1) is 12.9 Å². The molecule has 28 heavy (non-hydrogen) atoms. The molecule has 0 atom stereocenters. The van der Waals surface area contributed by atoms with E-state index in [9.17, 15) is 4.79 Å². The maximum absolute atomic E-state index is 13.3. The fourth-order valence-electron chi connectivity index (χ4n) is 6.12. The fourth-order valence-corrected chi connectivity index (χ4v) is 7.04. The van der Waals surface area contributed by atoms with Gasteiger partial charge in [0, 0.05) is 5.41 Å². The number of rotatable bonds is 6. The van der Waals surface area contributed by atoms with Gasteiger partial charge < -0.3 is 4.74 Å². The van der Waals surface area contributed by atoms with Crippen molar-refractivity contribution in [2.24, 2.45) is 23.2 Å². The Morgan fingerprint density at radius 3 is 2.54 bits per heavy atom. The Morgan fingerprint density at radius 2 is 1.89 bits per heavy atom. The van der Waals surface area contributed by atoms with E-state index in [1.54, 1.807) is 11.8 Å². The SMILES string of the molecule is COc1ccc(C)cc1-n1nnnc1SCC(=O)C12CC3CC(CC(C3)C1)C2. The molecule has 1 aromatic carbocycles. The number of hydrogen-bond acceptors (Lipinski definition) is 6. The lowest BCUT2D eigenvalue weighted by molar-refractivity contribution is -0.141. The predicted molar refractivity (Wildman–Crippen MR) is 107 cm³/mol. The lowest BCUT2D eigenvalue weighted by Gasteiger charge is -2.56. The summed E-state index contributed by atoms with van der Waals surface area (Å²) in [5, 5.41) is 12.8. The lowest BCUT2D eigenvalue weighted by atomic mass is 9.48. The Morgan fingerprint density at radius 1 is 1.21 bits per heavy atom. The summed E-state index contributed by atoms with van der Waals surface area (Å²) in [6.07, 6.45) is 7.38. The number of methoxy groups -OCH3 is 1. The third-order valence-electron chi connectivity index (χ3n) is 6.97. The Kier molecular flexibility index (Phi) is 4.45. The van der Waals surface area contributed by atoms with Crippen molar-refractivity contribution in [3.05, 3.63) is 23.8 Å². The molecule has 1 aromatic heterocycles. The van der Waals surface area contributed by atoms with Crippen LogP contribution in [0.1, 0.15) is 44.1 Å². The van der Waals surface area contributed by atoms with Gasteiger partial charge in [0.15, 0.2) is 0 Å². The molecule has 0 saturated heterocycles. The van der Waals surface area contributed by atoms with Crippen molar-refractivity contribution < 1.29 is 9.53 Å². The smallest absolute Gasteiger partial charge is 0.214 e. The Balaban J connectivity index is 1.34. The minimum Gasteiger partial charge on any atom is -0.494 e. The second-order valence-corrected chi connectivity index (χ2v) is 9.90. The highest BCUT2D eigenvalue weighted by Gasteiger charge is 2.54. The first-order valence-corrected chi connectivity index (χ1v) is 11.1. The van der Waals surface area contributed by atoms with Crippen molar-refractivity contribution in [1.29, 1.82) is 0 Å². The van der Waals surface area contributed by atoms with Crippen LogP contribution in [0, 0.1) is 30.1 Å². The highest BCUT2D eigenvalue weighted by atomic mass is 32.2. The van der Waals surface area contributed by atoms with Gasteiger partial charge in [-0.2, -0.15) is 4.68 Å². The van der Waals surface area contributed by atoms with Crippen LogP contribution in [-0.4, -0.2) is 38.9 Å². The van der Waals surface area contributed by atoms with E-state index in [1.165, 1.54) is 31.0 Å². The molecule has 148 valence electrons. The van der Waals surface area contributed by atoms with Gasteiger partial charge >= 0.3 is 0 Å². The summed E-state index contributed by atoms with van der Waals surface area (Å²) in [5.74, 6) is 3.90. The van der Waals surface area contributed by atoms with Crippen molar-refractivity contribution in [2.45, 2.75) is 50.6 Å². The maximum Gasteiger partial charge on any atom is 0.214 e. The molecular formula is C21H26N4O2S. The number of ketones is 1. The number of Topliss-reactive ketones (excluding diaryl/α,β-unsaturated/α-hetero) is 1. The van der Waals surface area contributed by atoms with Gasteiger partial charge in [0.1, 0.15) is 17.2 Å². The molecule has 0 N–H and O–H groups in total. The largest absolute Gasteiger partial charge is 0.494 e. The summed E-state index contributed by atoms with van der Waals surface area (Å²) >= 11 is 1.45. The average molecular weight is 399 g/mol. The second kappa shape index (κ2) is 6.87. The van der Waals surface area contributed by atoms with E-state index in [-0.39, 0.29) is 5.41 Å². The van der Waals surface area contributed by atoms with Gasteiger partial charge in [-0.05, 0) is 91.3 Å². The predicted octanol–water partition coefficient (Wildman–Crippen LogP) is 3.86. The number of hydrogen-bond donors (Lipinski definition) is 0. The summed E-state index contributed by atoms with van der Waals surface area (Å²) in [7, 11) is 1.64. The molecule has 4 saturated carbocycles. The molecule has 4 aliphatic rings. The van der Waals surface area contributed by atoms with Gasteiger partial charge in [-0.25, -0.2) is 0 Å². The monoisotopic (exact) mass is 398 g/mol. The zero-order valence-electron chi connectivity index (χ0n) is 16.4. The first-order valence-electron chi connectivity index (χ1n) is 10.2. The van der Waals surface area contributed by atoms with E-state index >= 15 is 0 Å². The number of carbonyl (C=O) groups is 1. The molecule has 4 aliphatic carbocycles. The maximum atomic E-state index is 13.3. The summed E-state index contributed by atoms with van der Waals surface area (Å²) in [6.45, 7) is 2.02. The minimum absolute atomic E-state index is 0.0684. The van der Waals surface area contributed by atoms with Crippen molar-refractivity contribution >= 4 is 17.5 Å². The van der Waals surface area contributed by atoms with E-state index in [0.717, 1.165) is 48.3 Å². The van der Waals surface area contributed by atoms with Crippen molar-refractivity contribution in [3.8, 4) is 11.4 Å². The fraction of sp³-hybridized carbons (Fsp3) is 0.619. The molecular weight excluding hydrogens is 372 g/mol. The third-order valence-corrected chi connectivity index (χ3v) is 7.88. The van der Waals surface area contributed by atoms with Crippen molar-refractivity contribution in [1.82, 2.24) is 20.2 Å². The van der Waals surface area contributed by atoms with Crippen LogP contribution in [0.3, 0.4) is 0 Å². The number of carbonyl (C=O) groups excluding carboxylic acids is 1. The van der Waals surface area contributed by atoms with Crippen LogP contribution in [0.15, 0.2) is 23.4 Å².